The molecule has 8 nitrogen and oxygen atoms in total. The maximum atomic E-state index is 11.4. The van der Waals surface area contributed by atoms with E-state index in [1.807, 2.05) is 6.07 Å². The topological polar surface area (TPSA) is 112 Å². The van der Waals surface area contributed by atoms with Crippen molar-refractivity contribution < 1.29 is 24.3 Å². The van der Waals surface area contributed by atoms with Crippen molar-refractivity contribution in [3.05, 3.63) is 41.6 Å². The molecule has 0 bridgehead atoms. The number of likely N-dealkylation sites (N-methyl/N-ethyl adjacent to an activating group) is 1. The lowest BCUT2D eigenvalue weighted by atomic mass is 9.72. The number of hydrogen-bond donors (Lipinski definition) is 5. The molecule has 5 N–H and O–H groups in total. The SMILES string of the molecule is C=C(CC1CCC(NCCNCC)CO1)NC1Cc2cccc(C(=O)O)c2OB1O. The van der Waals surface area contributed by atoms with Crippen LogP contribution in [0.1, 0.15) is 42.1 Å². The number of hydrogen-bond acceptors (Lipinski definition) is 7. The summed E-state index contributed by atoms with van der Waals surface area (Å²) >= 11 is 0. The average Bonchev–Trinajstić information content (AvgIpc) is 2.72. The minimum Gasteiger partial charge on any atom is -0.534 e. The third kappa shape index (κ3) is 5.98. The Balaban J connectivity index is 1.45. The lowest BCUT2D eigenvalue weighted by Crippen LogP contribution is -2.51. The predicted molar refractivity (Wildman–Crippen MR) is 116 cm³/mol. The van der Waals surface area contributed by atoms with Gasteiger partial charge in [0.2, 0.25) is 0 Å². The van der Waals surface area contributed by atoms with Crippen molar-refractivity contribution in [2.45, 2.75) is 50.7 Å². The number of para-hydroxylation sites is 1. The number of carboxylic acid groups (broad SMARTS) is 1. The van der Waals surface area contributed by atoms with Gasteiger partial charge in [0.25, 0.3) is 0 Å². The summed E-state index contributed by atoms with van der Waals surface area (Å²) in [7, 11) is -1.15. The molecule has 9 heteroatoms. The molecule has 3 rings (SSSR count). The number of fused-ring (bicyclic) bond motifs is 1. The number of nitrogens with one attached hydrogen (secondary N) is 3. The van der Waals surface area contributed by atoms with E-state index in [0.29, 0.717) is 25.5 Å². The summed E-state index contributed by atoms with van der Waals surface area (Å²) in [4.78, 5) is 11.4. The number of carboxylic acids is 1. The van der Waals surface area contributed by atoms with Crippen molar-refractivity contribution in [2.24, 2.45) is 0 Å². The summed E-state index contributed by atoms with van der Waals surface area (Å²) in [6.07, 6.45) is 3.23. The first kappa shape index (κ1) is 22.6. The smallest absolute Gasteiger partial charge is 0.534 e. The molecule has 3 atom stereocenters. The van der Waals surface area contributed by atoms with Gasteiger partial charge in [0.05, 0.1) is 24.2 Å². The van der Waals surface area contributed by atoms with Crippen molar-refractivity contribution in [1.29, 1.82) is 0 Å². The fraction of sp³-hybridized carbons (Fsp3) is 0.571. The van der Waals surface area contributed by atoms with Crippen molar-refractivity contribution in [3.63, 3.8) is 0 Å². The maximum Gasteiger partial charge on any atom is 0.546 e. The molecule has 1 aromatic rings. The van der Waals surface area contributed by atoms with Crippen LogP contribution in [0.2, 0.25) is 0 Å². The Kier molecular flexibility index (Phi) is 8.15. The van der Waals surface area contributed by atoms with Gasteiger partial charge in [0.15, 0.2) is 0 Å². The molecule has 0 spiro atoms. The molecule has 2 heterocycles. The van der Waals surface area contributed by atoms with Gasteiger partial charge in [-0.05, 0) is 37.4 Å². The lowest BCUT2D eigenvalue weighted by Gasteiger charge is -2.33. The summed E-state index contributed by atoms with van der Waals surface area (Å²) in [6.45, 7) is 9.75. The maximum absolute atomic E-state index is 11.4. The van der Waals surface area contributed by atoms with Crippen LogP contribution >= 0.6 is 0 Å². The largest absolute Gasteiger partial charge is 0.546 e. The van der Waals surface area contributed by atoms with E-state index >= 15 is 0 Å². The summed E-state index contributed by atoms with van der Waals surface area (Å²) in [5.41, 5.74) is 1.60. The van der Waals surface area contributed by atoms with Crippen molar-refractivity contribution in [1.82, 2.24) is 16.0 Å². The minimum atomic E-state index is -1.15. The second-order valence-corrected chi connectivity index (χ2v) is 7.91. The van der Waals surface area contributed by atoms with Crippen LogP contribution in [0.15, 0.2) is 30.5 Å². The second kappa shape index (κ2) is 10.8. The van der Waals surface area contributed by atoms with Gasteiger partial charge in [0.1, 0.15) is 5.75 Å². The molecule has 0 saturated carbocycles. The first-order valence-electron chi connectivity index (χ1n) is 10.7. The third-order valence-corrected chi connectivity index (χ3v) is 5.57. The van der Waals surface area contributed by atoms with Gasteiger partial charge in [-0.2, -0.15) is 0 Å². The van der Waals surface area contributed by atoms with Crippen LogP contribution in [-0.2, 0) is 11.2 Å². The van der Waals surface area contributed by atoms with E-state index in [0.717, 1.165) is 43.7 Å². The van der Waals surface area contributed by atoms with E-state index < -0.39 is 19.0 Å². The van der Waals surface area contributed by atoms with E-state index in [1.165, 1.54) is 6.07 Å². The quantitative estimate of drug-likeness (QED) is 0.283. The van der Waals surface area contributed by atoms with Crippen LogP contribution in [0.25, 0.3) is 0 Å². The summed E-state index contributed by atoms with van der Waals surface area (Å²) in [6, 6.07) is 5.37. The van der Waals surface area contributed by atoms with E-state index in [2.05, 4.69) is 29.5 Å². The van der Waals surface area contributed by atoms with E-state index in [9.17, 15) is 14.9 Å². The first-order chi connectivity index (χ1) is 14.5. The number of carbonyl (C=O) groups is 1. The molecule has 2 aliphatic heterocycles. The van der Waals surface area contributed by atoms with Gasteiger partial charge < -0.3 is 35.5 Å². The molecule has 2 aliphatic rings. The Labute approximate surface area is 178 Å². The van der Waals surface area contributed by atoms with Crippen molar-refractivity contribution in [3.8, 4) is 5.75 Å². The van der Waals surface area contributed by atoms with E-state index in [1.54, 1.807) is 6.07 Å². The zero-order valence-corrected chi connectivity index (χ0v) is 17.5. The standard InChI is InChI=1S/C21H32BN3O5/c1-3-23-9-10-24-16-7-8-17(29-13-16)11-14(2)25-19-12-15-5-4-6-18(21(26)27)20(15)30-22(19)28/h4-6,16-17,19,23-25,28H,2-3,7-13H2,1H3,(H,26,27). The van der Waals surface area contributed by atoms with Gasteiger partial charge in [-0.3, -0.25) is 0 Å². The van der Waals surface area contributed by atoms with E-state index in [-0.39, 0.29) is 17.4 Å². The van der Waals surface area contributed by atoms with E-state index in [4.69, 9.17) is 9.39 Å². The van der Waals surface area contributed by atoms with Gasteiger partial charge in [0, 0.05) is 31.2 Å². The van der Waals surface area contributed by atoms with Gasteiger partial charge in [-0.15, -0.1) is 0 Å². The molecule has 30 heavy (non-hydrogen) atoms. The van der Waals surface area contributed by atoms with Crippen molar-refractivity contribution in [2.75, 3.05) is 26.2 Å². The Bertz CT molecular complexity index is 739. The number of ether oxygens (including phenoxy) is 1. The van der Waals surface area contributed by atoms with Crippen LogP contribution in [0, 0.1) is 0 Å². The molecule has 164 valence electrons. The second-order valence-electron chi connectivity index (χ2n) is 7.91. The Morgan fingerprint density at radius 3 is 2.87 bits per heavy atom. The fourth-order valence-corrected chi connectivity index (χ4v) is 3.98. The van der Waals surface area contributed by atoms with Crippen LogP contribution in [-0.4, -0.2) is 67.5 Å². The third-order valence-electron chi connectivity index (χ3n) is 5.57. The van der Waals surface area contributed by atoms with Gasteiger partial charge in [-0.25, -0.2) is 4.79 Å². The normalized spacial score (nSPS) is 23.4. The first-order valence-corrected chi connectivity index (χ1v) is 10.7. The molecular weight excluding hydrogens is 385 g/mol. The Morgan fingerprint density at radius 2 is 2.17 bits per heavy atom. The number of rotatable bonds is 10. The summed E-state index contributed by atoms with van der Waals surface area (Å²) < 4.78 is 11.5. The lowest BCUT2D eigenvalue weighted by molar-refractivity contribution is -0.00250. The highest BCUT2D eigenvalue weighted by Gasteiger charge is 2.37. The predicted octanol–water partition coefficient (Wildman–Crippen LogP) is 0.948. The monoisotopic (exact) mass is 417 g/mol. The minimum absolute atomic E-state index is 0.0630. The zero-order chi connectivity index (χ0) is 21.5. The van der Waals surface area contributed by atoms with Crippen molar-refractivity contribution >= 4 is 13.1 Å². The Hall–Kier alpha value is -2.07. The van der Waals surface area contributed by atoms with Crippen LogP contribution in [0.3, 0.4) is 0 Å². The number of aromatic carboxylic acids is 1. The molecule has 0 aromatic heterocycles. The zero-order valence-electron chi connectivity index (χ0n) is 17.5. The molecule has 1 aromatic carbocycles. The highest BCUT2D eigenvalue weighted by Crippen LogP contribution is 2.30. The molecule has 0 amide bonds. The molecule has 0 radical (unpaired) electrons. The molecule has 3 unspecified atom stereocenters. The van der Waals surface area contributed by atoms with Crippen LogP contribution in [0.4, 0.5) is 0 Å². The van der Waals surface area contributed by atoms with Gasteiger partial charge >= 0.3 is 13.1 Å². The highest BCUT2D eigenvalue weighted by molar-refractivity contribution is 6.46. The Morgan fingerprint density at radius 1 is 1.33 bits per heavy atom. The van der Waals surface area contributed by atoms with Gasteiger partial charge in [-0.1, -0.05) is 25.6 Å². The molecule has 0 aliphatic carbocycles. The highest BCUT2D eigenvalue weighted by atomic mass is 16.5. The summed E-state index contributed by atoms with van der Waals surface area (Å²) in [5.74, 6) is -1.22. The molecule has 1 saturated heterocycles. The molecular formula is C21H32BN3O5. The van der Waals surface area contributed by atoms with Crippen LogP contribution < -0.4 is 20.6 Å². The molecule has 1 fully saturated rings. The van der Waals surface area contributed by atoms with Crippen LogP contribution in [0.5, 0.6) is 5.75 Å². The number of benzene rings is 1. The summed E-state index contributed by atoms with van der Waals surface area (Å²) in [5, 5.41) is 29.7. The fourth-order valence-electron chi connectivity index (χ4n) is 3.98. The average molecular weight is 417 g/mol.